The molecular formula is C22H23N7O4S. The Morgan fingerprint density at radius 2 is 1.94 bits per heavy atom. The van der Waals surface area contributed by atoms with E-state index >= 15 is 0 Å². The maximum atomic E-state index is 12.9. The average molecular weight is 482 g/mol. The number of anilines is 1. The summed E-state index contributed by atoms with van der Waals surface area (Å²) in [6, 6.07) is 7.99. The smallest absolute Gasteiger partial charge is 0.325 e. The third-order valence-electron chi connectivity index (χ3n) is 5.79. The van der Waals surface area contributed by atoms with E-state index in [1.807, 2.05) is 6.07 Å². The van der Waals surface area contributed by atoms with Gasteiger partial charge in [0, 0.05) is 38.5 Å². The largest absolute Gasteiger partial charge is 0.332 e. The molecule has 3 aromatic rings. The van der Waals surface area contributed by atoms with Crippen LogP contribution in [0.3, 0.4) is 0 Å². The van der Waals surface area contributed by atoms with Gasteiger partial charge in [-0.1, -0.05) is 0 Å². The highest BCUT2D eigenvalue weighted by atomic mass is 32.2. The lowest BCUT2D eigenvalue weighted by atomic mass is 10.2. The van der Waals surface area contributed by atoms with Crippen LogP contribution in [0.15, 0.2) is 40.2 Å². The van der Waals surface area contributed by atoms with Gasteiger partial charge in [0.25, 0.3) is 5.56 Å². The molecule has 1 atom stereocenters. The van der Waals surface area contributed by atoms with Crippen molar-refractivity contribution in [3.05, 3.63) is 57.0 Å². The van der Waals surface area contributed by atoms with Gasteiger partial charge in [0.15, 0.2) is 11.2 Å². The molecule has 0 saturated carbocycles. The Labute approximate surface area is 198 Å². The number of nitrogens with one attached hydrogen (secondary N) is 1. The number of aromatic nitrogens is 4. The van der Waals surface area contributed by atoms with Crippen molar-refractivity contribution in [3.8, 4) is 6.07 Å². The van der Waals surface area contributed by atoms with Crippen molar-refractivity contribution in [2.75, 3.05) is 16.9 Å². The fourth-order valence-corrected chi connectivity index (χ4v) is 5.05. The van der Waals surface area contributed by atoms with Crippen molar-refractivity contribution >= 4 is 40.4 Å². The van der Waals surface area contributed by atoms with Crippen molar-refractivity contribution < 1.29 is 9.59 Å². The summed E-state index contributed by atoms with van der Waals surface area (Å²) in [5.41, 5.74) is 0.795. The summed E-state index contributed by atoms with van der Waals surface area (Å²) in [4.78, 5) is 56.0. The van der Waals surface area contributed by atoms with Crippen LogP contribution < -0.4 is 16.6 Å². The minimum Gasteiger partial charge on any atom is -0.325 e. The van der Waals surface area contributed by atoms with Crippen molar-refractivity contribution in [1.82, 2.24) is 23.6 Å². The zero-order valence-corrected chi connectivity index (χ0v) is 19.5. The van der Waals surface area contributed by atoms with E-state index in [0.717, 1.165) is 4.57 Å². The van der Waals surface area contributed by atoms with Crippen molar-refractivity contribution in [2.24, 2.45) is 14.1 Å². The Bertz CT molecular complexity index is 1410. The molecule has 2 aromatic heterocycles. The van der Waals surface area contributed by atoms with Crippen LogP contribution in [0.25, 0.3) is 11.2 Å². The van der Waals surface area contributed by atoms with Gasteiger partial charge < -0.3 is 14.8 Å². The summed E-state index contributed by atoms with van der Waals surface area (Å²) in [6.45, 7) is 0.374. The SMILES string of the molecule is Cn1c(=O)c2c(ncn2CCCC(=O)N2CSCC2C(=O)Nc2ccc(C#N)cc2)n(C)c1=O. The van der Waals surface area contributed by atoms with Gasteiger partial charge >= 0.3 is 5.69 Å². The number of benzene rings is 1. The minimum atomic E-state index is -0.580. The molecule has 1 aliphatic heterocycles. The van der Waals surface area contributed by atoms with Gasteiger partial charge in [0.1, 0.15) is 6.04 Å². The number of nitrogens with zero attached hydrogens (tertiary/aromatic N) is 6. The molecule has 0 bridgehead atoms. The van der Waals surface area contributed by atoms with Crippen LogP contribution in [0.5, 0.6) is 0 Å². The summed E-state index contributed by atoms with van der Waals surface area (Å²) >= 11 is 1.51. The quantitative estimate of drug-likeness (QED) is 0.545. The van der Waals surface area contributed by atoms with E-state index in [1.165, 1.54) is 29.7 Å². The maximum Gasteiger partial charge on any atom is 0.332 e. The second kappa shape index (κ2) is 9.56. The molecule has 0 radical (unpaired) electrons. The Balaban J connectivity index is 1.39. The number of carbonyl (C=O) groups excluding carboxylic acids is 2. The van der Waals surface area contributed by atoms with Gasteiger partial charge in [0.2, 0.25) is 11.8 Å². The number of hydrogen-bond acceptors (Lipinski definition) is 7. The lowest BCUT2D eigenvalue weighted by Gasteiger charge is -2.23. The third kappa shape index (κ3) is 4.34. The van der Waals surface area contributed by atoms with Crippen molar-refractivity contribution in [1.29, 1.82) is 5.26 Å². The molecule has 1 aromatic carbocycles. The molecule has 3 heterocycles. The summed E-state index contributed by atoms with van der Waals surface area (Å²) in [5, 5.41) is 11.7. The summed E-state index contributed by atoms with van der Waals surface area (Å²) in [5.74, 6) is 0.521. The lowest BCUT2D eigenvalue weighted by Crippen LogP contribution is -2.44. The lowest BCUT2D eigenvalue weighted by molar-refractivity contribution is -0.136. The fraction of sp³-hybridized carbons (Fsp3) is 0.364. The molecule has 2 amide bonds. The fourth-order valence-electron chi connectivity index (χ4n) is 3.87. The average Bonchev–Trinajstić information content (AvgIpc) is 3.50. The van der Waals surface area contributed by atoms with Gasteiger partial charge in [-0.05, 0) is 30.7 Å². The molecule has 1 N–H and O–H groups in total. The topological polar surface area (TPSA) is 135 Å². The number of aryl methyl sites for hydroxylation is 2. The first-order valence-corrected chi connectivity index (χ1v) is 11.8. The molecule has 1 saturated heterocycles. The first kappa shape index (κ1) is 23.3. The van der Waals surface area contributed by atoms with E-state index < -0.39 is 17.3 Å². The number of thioether (sulfide) groups is 1. The predicted octanol–water partition coefficient (Wildman–Crippen LogP) is 0.626. The Hall–Kier alpha value is -3.85. The highest BCUT2D eigenvalue weighted by Crippen LogP contribution is 2.24. The first-order chi connectivity index (χ1) is 16.3. The number of fused-ring (bicyclic) bond motifs is 1. The minimum absolute atomic E-state index is 0.144. The van der Waals surface area contributed by atoms with Gasteiger partial charge in [0.05, 0.1) is 23.8 Å². The van der Waals surface area contributed by atoms with Gasteiger partial charge in [-0.15, -0.1) is 11.8 Å². The van der Waals surface area contributed by atoms with Gasteiger partial charge in [-0.3, -0.25) is 23.5 Å². The standard InChI is InChI=1S/C22H23N7O4S/c1-26-19-18(21(32)27(2)22(26)33)28(12-24-19)9-3-4-17(30)29-13-34-11-16(29)20(31)25-15-7-5-14(10-23)6-8-15/h5-8,12,16H,3-4,9,11,13H2,1-2H3,(H,25,31). The molecular weight excluding hydrogens is 458 g/mol. The third-order valence-corrected chi connectivity index (χ3v) is 6.81. The monoisotopic (exact) mass is 481 g/mol. The van der Waals surface area contributed by atoms with Crippen LogP contribution in [-0.2, 0) is 30.2 Å². The number of amides is 2. The highest BCUT2D eigenvalue weighted by molar-refractivity contribution is 7.99. The van der Waals surface area contributed by atoms with Crippen molar-refractivity contribution in [3.63, 3.8) is 0 Å². The Morgan fingerprint density at radius 1 is 1.21 bits per heavy atom. The van der Waals surface area contributed by atoms with Crippen LogP contribution in [0.2, 0.25) is 0 Å². The summed E-state index contributed by atoms with van der Waals surface area (Å²) in [6.07, 6.45) is 2.14. The molecule has 1 aliphatic rings. The molecule has 0 aliphatic carbocycles. The molecule has 12 heteroatoms. The number of hydrogen-bond donors (Lipinski definition) is 1. The van der Waals surface area contributed by atoms with E-state index in [1.54, 1.807) is 40.8 Å². The first-order valence-electron chi connectivity index (χ1n) is 10.6. The molecule has 1 fully saturated rings. The molecule has 11 nitrogen and oxygen atoms in total. The van der Waals surface area contributed by atoms with E-state index in [2.05, 4.69) is 10.3 Å². The number of imidazole rings is 1. The molecule has 176 valence electrons. The zero-order chi connectivity index (χ0) is 24.4. The van der Waals surface area contributed by atoms with Crippen LogP contribution in [0, 0.1) is 11.3 Å². The number of carbonyl (C=O) groups is 2. The summed E-state index contributed by atoms with van der Waals surface area (Å²) < 4.78 is 4.00. The van der Waals surface area contributed by atoms with E-state index in [-0.39, 0.29) is 18.2 Å². The van der Waals surface area contributed by atoms with Gasteiger partial charge in [-0.2, -0.15) is 5.26 Å². The molecule has 0 spiro atoms. The van der Waals surface area contributed by atoms with Crippen LogP contribution in [0.1, 0.15) is 18.4 Å². The molecule has 1 unspecified atom stereocenters. The normalized spacial score (nSPS) is 15.4. The highest BCUT2D eigenvalue weighted by Gasteiger charge is 2.34. The Morgan fingerprint density at radius 3 is 2.65 bits per heavy atom. The molecule has 34 heavy (non-hydrogen) atoms. The van der Waals surface area contributed by atoms with Crippen LogP contribution >= 0.6 is 11.8 Å². The predicted molar refractivity (Wildman–Crippen MR) is 127 cm³/mol. The van der Waals surface area contributed by atoms with Crippen LogP contribution in [0.4, 0.5) is 5.69 Å². The number of rotatable bonds is 6. The van der Waals surface area contributed by atoms with Crippen LogP contribution in [-0.4, -0.2) is 53.1 Å². The van der Waals surface area contributed by atoms with E-state index in [4.69, 9.17) is 5.26 Å². The zero-order valence-electron chi connectivity index (χ0n) is 18.7. The maximum absolute atomic E-state index is 12.9. The Kier molecular flexibility index (Phi) is 6.56. The molecule has 4 rings (SSSR count). The second-order valence-corrected chi connectivity index (χ2v) is 8.98. The van der Waals surface area contributed by atoms with Gasteiger partial charge in [-0.25, -0.2) is 9.78 Å². The van der Waals surface area contributed by atoms with E-state index in [0.29, 0.717) is 47.0 Å². The van der Waals surface area contributed by atoms with Crippen molar-refractivity contribution in [2.45, 2.75) is 25.4 Å². The summed E-state index contributed by atoms with van der Waals surface area (Å²) in [7, 11) is 2.97. The number of nitriles is 1. The second-order valence-electron chi connectivity index (χ2n) is 7.98. The van der Waals surface area contributed by atoms with E-state index in [9.17, 15) is 19.2 Å².